The molecule has 2 aromatic rings. The monoisotopic (exact) mass is 276 g/mol. The number of rotatable bonds is 5. The summed E-state index contributed by atoms with van der Waals surface area (Å²) >= 11 is 0. The Bertz CT molecular complexity index is 616. The molecule has 1 N–H and O–H groups in total. The molecule has 0 aliphatic carbocycles. The fourth-order valence-electron chi connectivity index (χ4n) is 1.95. The first-order valence-corrected chi connectivity index (χ1v) is 7.71. The van der Waals surface area contributed by atoms with E-state index in [1.807, 2.05) is 30.3 Å². The third-order valence-electron chi connectivity index (χ3n) is 2.92. The first-order valence-electron chi connectivity index (χ1n) is 6.10. The minimum atomic E-state index is -3.95. The summed E-state index contributed by atoms with van der Waals surface area (Å²) < 4.78 is 30.3. The summed E-state index contributed by atoms with van der Waals surface area (Å²) in [6.07, 6.45) is 1.87. The van der Waals surface area contributed by atoms with Crippen molar-refractivity contribution in [1.29, 1.82) is 0 Å². The molecule has 2 rings (SSSR count). The standard InChI is InChI=1S/C15H16O3S/c16-19(17,18)12-15-10-8-14(9-11-15)7-6-13-4-2-1-3-5-13/h1-5,8-11H,6-7,12H2,(H,16,17,18). The predicted molar refractivity (Wildman–Crippen MR) is 75.5 cm³/mol. The third-order valence-corrected chi connectivity index (χ3v) is 3.62. The highest BCUT2D eigenvalue weighted by Gasteiger charge is 2.06. The average molecular weight is 276 g/mol. The van der Waals surface area contributed by atoms with Gasteiger partial charge in [-0.1, -0.05) is 54.6 Å². The van der Waals surface area contributed by atoms with E-state index < -0.39 is 10.1 Å². The fraction of sp³-hybridized carbons (Fsp3) is 0.200. The smallest absolute Gasteiger partial charge is 0.269 e. The van der Waals surface area contributed by atoms with Crippen molar-refractivity contribution < 1.29 is 13.0 Å². The lowest BCUT2D eigenvalue weighted by atomic mass is 10.0. The van der Waals surface area contributed by atoms with Crippen LogP contribution in [0.1, 0.15) is 16.7 Å². The van der Waals surface area contributed by atoms with Crippen molar-refractivity contribution in [2.24, 2.45) is 0 Å². The zero-order chi connectivity index (χ0) is 13.7. The third kappa shape index (κ3) is 4.85. The number of aryl methyl sites for hydroxylation is 2. The van der Waals surface area contributed by atoms with E-state index in [2.05, 4.69) is 12.1 Å². The Morgan fingerprint density at radius 3 is 1.74 bits per heavy atom. The average Bonchev–Trinajstić information content (AvgIpc) is 2.37. The lowest BCUT2D eigenvalue weighted by Gasteiger charge is -2.04. The highest BCUT2D eigenvalue weighted by Crippen LogP contribution is 2.10. The Labute approximate surface area is 113 Å². The van der Waals surface area contributed by atoms with Gasteiger partial charge < -0.3 is 0 Å². The van der Waals surface area contributed by atoms with Gasteiger partial charge in [-0.2, -0.15) is 8.42 Å². The van der Waals surface area contributed by atoms with Gasteiger partial charge in [-0.15, -0.1) is 0 Å². The van der Waals surface area contributed by atoms with Crippen LogP contribution in [0.15, 0.2) is 54.6 Å². The quantitative estimate of drug-likeness (QED) is 0.854. The highest BCUT2D eigenvalue weighted by molar-refractivity contribution is 7.85. The van der Waals surface area contributed by atoms with Crippen LogP contribution < -0.4 is 0 Å². The lowest BCUT2D eigenvalue weighted by Crippen LogP contribution is -2.01. The van der Waals surface area contributed by atoms with Crippen molar-refractivity contribution in [2.45, 2.75) is 18.6 Å². The SMILES string of the molecule is O=S(=O)(O)Cc1ccc(CCc2ccccc2)cc1. The van der Waals surface area contributed by atoms with E-state index in [9.17, 15) is 8.42 Å². The van der Waals surface area contributed by atoms with E-state index in [0.717, 1.165) is 18.4 Å². The van der Waals surface area contributed by atoms with Crippen LogP contribution in [0.4, 0.5) is 0 Å². The molecule has 0 saturated carbocycles. The molecule has 0 amide bonds. The van der Waals surface area contributed by atoms with Crippen LogP contribution in [0.3, 0.4) is 0 Å². The Hall–Kier alpha value is -1.65. The molecule has 0 aliphatic rings. The zero-order valence-electron chi connectivity index (χ0n) is 10.5. The Kier molecular flexibility index (Phi) is 4.35. The maximum absolute atomic E-state index is 10.8. The van der Waals surface area contributed by atoms with Gasteiger partial charge in [0.05, 0.1) is 0 Å². The Morgan fingerprint density at radius 1 is 0.737 bits per heavy atom. The summed E-state index contributed by atoms with van der Waals surface area (Å²) in [4.78, 5) is 0. The predicted octanol–water partition coefficient (Wildman–Crippen LogP) is 2.86. The molecule has 0 unspecified atom stereocenters. The number of hydrogen-bond donors (Lipinski definition) is 1. The van der Waals surface area contributed by atoms with Gasteiger partial charge in [0.25, 0.3) is 10.1 Å². The van der Waals surface area contributed by atoms with Crippen molar-refractivity contribution >= 4 is 10.1 Å². The molecule has 100 valence electrons. The van der Waals surface area contributed by atoms with Crippen LogP contribution in [-0.2, 0) is 28.7 Å². The largest absolute Gasteiger partial charge is 0.285 e. The second-order valence-corrected chi connectivity index (χ2v) is 5.98. The number of benzene rings is 2. The summed E-state index contributed by atoms with van der Waals surface area (Å²) in [7, 11) is -3.95. The molecule has 0 radical (unpaired) electrons. The van der Waals surface area contributed by atoms with Crippen molar-refractivity contribution in [3.8, 4) is 0 Å². The number of hydrogen-bond acceptors (Lipinski definition) is 2. The van der Waals surface area contributed by atoms with Gasteiger partial charge in [0.2, 0.25) is 0 Å². The van der Waals surface area contributed by atoms with E-state index in [4.69, 9.17) is 4.55 Å². The molecule has 0 bridgehead atoms. The first kappa shape index (κ1) is 13.8. The molecule has 2 aromatic carbocycles. The van der Waals surface area contributed by atoms with Crippen molar-refractivity contribution in [2.75, 3.05) is 0 Å². The first-order chi connectivity index (χ1) is 9.03. The second-order valence-electron chi connectivity index (χ2n) is 4.53. The van der Waals surface area contributed by atoms with Crippen LogP contribution in [0.5, 0.6) is 0 Å². The topological polar surface area (TPSA) is 54.4 Å². The molecule has 0 aromatic heterocycles. The van der Waals surface area contributed by atoms with Crippen LogP contribution in [-0.4, -0.2) is 13.0 Å². The summed E-state index contributed by atoms with van der Waals surface area (Å²) in [5.74, 6) is -0.327. The van der Waals surface area contributed by atoms with Crippen LogP contribution in [0, 0.1) is 0 Å². The molecular weight excluding hydrogens is 260 g/mol. The molecule has 0 fully saturated rings. The Balaban J connectivity index is 1.96. The van der Waals surface area contributed by atoms with Gasteiger partial charge in [0, 0.05) is 0 Å². The van der Waals surface area contributed by atoms with Gasteiger partial charge in [-0.3, -0.25) is 4.55 Å². The van der Waals surface area contributed by atoms with Gasteiger partial charge >= 0.3 is 0 Å². The van der Waals surface area contributed by atoms with Crippen LogP contribution in [0.25, 0.3) is 0 Å². The minimum Gasteiger partial charge on any atom is -0.285 e. The normalized spacial score (nSPS) is 11.4. The molecule has 0 aliphatic heterocycles. The minimum absolute atomic E-state index is 0.327. The zero-order valence-corrected chi connectivity index (χ0v) is 11.3. The van der Waals surface area contributed by atoms with Crippen LogP contribution >= 0.6 is 0 Å². The molecule has 0 saturated heterocycles. The van der Waals surface area contributed by atoms with Crippen molar-refractivity contribution in [3.05, 3.63) is 71.3 Å². The van der Waals surface area contributed by atoms with E-state index >= 15 is 0 Å². The molecule has 19 heavy (non-hydrogen) atoms. The second kappa shape index (κ2) is 5.99. The Morgan fingerprint density at radius 2 is 1.21 bits per heavy atom. The van der Waals surface area contributed by atoms with Crippen molar-refractivity contribution in [3.63, 3.8) is 0 Å². The fourth-order valence-corrected chi connectivity index (χ4v) is 2.56. The molecule has 0 spiro atoms. The molecule has 0 heterocycles. The summed E-state index contributed by atoms with van der Waals surface area (Å²) in [6, 6.07) is 17.5. The molecular formula is C15H16O3S. The van der Waals surface area contributed by atoms with E-state index in [1.54, 1.807) is 12.1 Å². The van der Waals surface area contributed by atoms with Crippen LogP contribution in [0.2, 0.25) is 0 Å². The molecule has 3 nitrogen and oxygen atoms in total. The van der Waals surface area contributed by atoms with E-state index in [1.165, 1.54) is 5.56 Å². The maximum Gasteiger partial charge on any atom is 0.269 e. The van der Waals surface area contributed by atoms with Crippen molar-refractivity contribution in [1.82, 2.24) is 0 Å². The van der Waals surface area contributed by atoms with Gasteiger partial charge in [-0.25, -0.2) is 0 Å². The van der Waals surface area contributed by atoms with Gasteiger partial charge in [-0.05, 0) is 29.5 Å². The summed E-state index contributed by atoms with van der Waals surface area (Å²) in [5.41, 5.74) is 3.04. The van der Waals surface area contributed by atoms with Gasteiger partial charge in [0.15, 0.2) is 0 Å². The van der Waals surface area contributed by atoms with E-state index in [0.29, 0.717) is 5.56 Å². The highest BCUT2D eigenvalue weighted by atomic mass is 32.2. The summed E-state index contributed by atoms with van der Waals surface area (Å²) in [5, 5.41) is 0. The molecule has 4 heteroatoms. The lowest BCUT2D eigenvalue weighted by molar-refractivity contribution is 0.482. The van der Waals surface area contributed by atoms with E-state index in [-0.39, 0.29) is 5.75 Å². The molecule has 0 atom stereocenters. The maximum atomic E-state index is 10.8. The summed E-state index contributed by atoms with van der Waals surface area (Å²) in [6.45, 7) is 0. The van der Waals surface area contributed by atoms with Gasteiger partial charge in [0.1, 0.15) is 5.75 Å².